The van der Waals surface area contributed by atoms with Gasteiger partial charge in [-0.2, -0.15) is 0 Å². The maximum Gasteiger partial charge on any atom is 0.143 e. The summed E-state index contributed by atoms with van der Waals surface area (Å²) in [6.45, 7) is 11.5. The maximum absolute atomic E-state index is 8.84. The van der Waals surface area contributed by atoms with Crippen molar-refractivity contribution in [3.63, 3.8) is 0 Å². The molecule has 1 rings (SSSR count). The molecule has 0 spiro atoms. The normalized spacial score (nSPS) is 20.7. The minimum Gasteiger partial charge on any atom is -0.371 e. The van der Waals surface area contributed by atoms with Crippen LogP contribution < -0.4 is 0 Å². The first-order valence-electron chi connectivity index (χ1n) is 7.01. The van der Waals surface area contributed by atoms with Crippen LogP contribution in [0.15, 0.2) is 0 Å². The summed E-state index contributed by atoms with van der Waals surface area (Å²) in [7, 11) is 0. The third kappa shape index (κ3) is 4.68. The molecule has 0 saturated carbocycles. The van der Waals surface area contributed by atoms with Crippen LogP contribution in [0.2, 0.25) is 0 Å². The summed E-state index contributed by atoms with van der Waals surface area (Å²) < 4.78 is 16.6. The van der Waals surface area contributed by atoms with Crippen LogP contribution in [0.4, 0.5) is 0 Å². The van der Waals surface area contributed by atoms with Gasteiger partial charge in [-0.05, 0) is 26.7 Å². The molecule has 0 aromatic rings. The quantitative estimate of drug-likeness (QED) is 0.775. The van der Waals surface area contributed by atoms with Gasteiger partial charge in [-0.25, -0.2) is 0 Å². The Morgan fingerprint density at radius 1 is 1.05 bits per heavy atom. The molecular weight excluding hydrogens is 246 g/mol. The van der Waals surface area contributed by atoms with Gasteiger partial charge < -0.3 is 19.3 Å². The lowest BCUT2D eigenvalue weighted by Crippen LogP contribution is -2.57. The monoisotopic (exact) mass is 275 g/mol. The molecule has 5 nitrogen and oxygen atoms in total. The van der Waals surface area contributed by atoms with E-state index in [1.165, 1.54) is 0 Å². The van der Waals surface area contributed by atoms with Gasteiger partial charge in [0.2, 0.25) is 0 Å². The van der Waals surface area contributed by atoms with E-state index in [9.17, 15) is 0 Å². The van der Waals surface area contributed by atoms with Gasteiger partial charge in [0, 0.05) is 24.2 Å². The van der Waals surface area contributed by atoms with E-state index in [4.69, 9.17) is 19.3 Å². The van der Waals surface area contributed by atoms with E-state index >= 15 is 0 Å². The van der Waals surface area contributed by atoms with Crippen molar-refractivity contribution in [1.82, 2.24) is 4.90 Å². The molecule has 19 heavy (non-hydrogen) atoms. The van der Waals surface area contributed by atoms with E-state index in [0.29, 0.717) is 20.1 Å². The van der Waals surface area contributed by atoms with Crippen molar-refractivity contribution in [3.05, 3.63) is 0 Å². The van der Waals surface area contributed by atoms with E-state index in [1.807, 2.05) is 0 Å². The van der Waals surface area contributed by atoms with Gasteiger partial charge in [-0.15, -0.1) is 0 Å². The van der Waals surface area contributed by atoms with Gasteiger partial charge >= 0.3 is 0 Å². The highest BCUT2D eigenvalue weighted by molar-refractivity contribution is 4.94. The molecule has 0 unspecified atom stereocenters. The van der Waals surface area contributed by atoms with Crippen molar-refractivity contribution < 1.29 is 19.3 Å². The number of nitrogens with zero attached hydrogens (tertiary/aromatic N) is 1. The van der Waals surface area contributed by atoms with Crippen LogP contribution in [0.3, 0.4) is 0 Å². The summed E-state index contributed by atoms with van der Waals surface area (Å²) in [5, 5.41) is 8.84. The van der Waals surface area contributed by atoms with Crippen molar-refractivity contribution in [3.8, 4) is 0 Å². The second kappa shape index (κ2) is 7.55. The molecular formula is C14H29NO4. The van der Waals surface area contributed by atoms with Crippen LogP contribution in [-0.4, -0.2) is 55.6 Å². The largest absolute Gasteiger partial charge is 0.371 e. The van der Waals surface area contributed by atoms with E-state index < -0.39 is 0 Å². The van der Waals surface area contributed by atoms with Crippen LogP contribution in [0.25, 0.3) is 0 Å². The van der Waals surface area contributed by atoms with Crippen LogP contribution >= 0.6 is 0 Å². The van der Waals surface area contributed by atoms with Gasteiger partial charge in [-0.1, -0.05) is 13.8 Å². The fraction of sp³-hybridized carbons (Fsp3) is 1.00. The molecule has 1 heterocycles. The third-order valence-corrected chi connectivity index (χ3v) is 4.32. The molecule has 0 atom stereocenters. The highest BCUT2D eigenvalue weighted by Gasteiger charge is 2.42. The zero-order valence-corrected chi connectivity index (χ0v) is 12.8. The van der Waals surface area contributed by atoms with Crippen LogP contribution in [0.5, 0.6) is 0 Å². The Hall–Kier alpha value is -0.200. The molecule has 1 fully saturated rings. The van der Waals surface area contributed by atoms with Crippen molar-refractivity contribution in [2.75, 3.05) is 40.1 Å². The van der Waals surface area contributed by atoms with Gasteiger partial charge in [-0.3, -0.25) is 4.90 Å². The lowest BCUT2D eigenvalue weighted by Gasteiger charge is -2.48. The molecule has 0 aromatic carbocycles. The number of ether oxygens (including phenoxy) is 3. The third-order valence-electron chi connectivity index (χ3n) is 4.32. The Labute approximate surface area is 116 Å². The second-order valence-electron chi connectivity index (χ2n) is 6.24. The molecule has 0 aliphatic carbocycles. The Balaban J connectivity index is 2.70. The number of aliphatic hydroxyl groups excluding tert-OH is 1. The molecule has 1 aliphatic heterocycles. The van der Waals surface area contributed by atoms with E-state index in [1.54, 1.807) is 0 Å². The molecule has 1 aliphatic rings. The first-order valence-corrected chi connectivity index (χ1v) is 7.01. The second-order valence-corrected chi connectivity index (χ2v) is 6.24. The lowest BCUT2D eigenvalue weighted by atomic mass is 9.74. The predicted molar refractivity (Wildman–Crippen MR) is 73.6 cm³/mol. The Morgan fingerprint density at radius 2 is 1.58 bits per heavy atom. The molecule has 0 aromatic heterocycles. The Kier molecular flexibility index (Phi) is 6.69. The average Bonchev–Trinajstić information content (AvgIpc) is 2.49. The Morgan fingerprint density at radius 3 is 2.05 bits per heavy atom. The van der Waals surface area contributed by atoms with Crippen LogP contribution in [-0.2, 0) is 14.2 Å². The smallest absolute Gasteiger partial charge is 0.143 e. The van der Waals surface area contributed by atoms with Crippen molar-refractivity contribution in [1.29, 1.82) is 0 Å². The van der Waals surface area contributed by atoms with Gasteiger partial charge in [0.25, 0.3) is 0 Å². The highest BCUT2D eigenvalue weighted by Crippen LogP contribution is 2.36. The van der Waals surface area contributed by atoms with Crippen LogP contribution in [0.1, 0.15) is 40.5 Å². The number of hydrogen-bond acceptors (Lipinski definition) is 5. The van der Waals surface area contributed by atoms with Gasteiger partial charge in [0.1, 0.15) is 20.3 Å². The zero-order valence-electron chi connectivity index (χ0n) is 12.8. The summed E-state index contributed by atoms with van der Waals surface area (Å²) in [5.74, 6) is 0. The van der Waals surface area contributed by atoms with Crippen molar-refractivity contribution in [2.45, 2.75) is 46.1 Å². The summed E-state index contributed by atoms with van der Waals surface area (Å²) in [6.07, 6.45) is 2.09. The van der Waals surface area contributed by atoms with E-state index in [2.05, 4.69) is 32.6 Å². The average molecular weight is 275 g/mol. The lowest BCUT2D eigenvalue weighted by molar-refractivity contribution is -0.141. The summed E-state index contributed by atoms with van der Waals surface area (Å²) in [5.41, 5.74) is -0.289. The maximum atomic E-state index is 8.84. The fourth-order valence-corrected chi connectivity index (χ4v) is 2.02. The number of rotatable bonds is 5. The van der Waals surface area contributed by atoms with Crippen molar-refractivity contribution >= 4 is 0 Å². The summed E-state index contributed by atoms with van der Waals surface area (Å²) in [4.78, 5) is 2.19. The molecule has 0 radical (unpaired) electrons. The molecule has 0 amide bonds. The zero-order chi connectivity index (χ0) is 14.4. The van der Waals surface area contributed by atoms with Crippen LogP contribution in [0, 0.1) is 5.41 Å². The number of aliphatic hydroxyl groups is 1. The molecule has 5 heteroatoms. The van der Waals surface area contributed by atoms with Gasteiger partial charge in [0.05, 0.1) is 6.61 Å². The molecule has 1 N–H and O–H groups in total. The topological polar surface area (TPSA) is 51.2 Å². The first-order chi connectivity index (χ1) is 8.92. The molecule has 1 saturated heterocycles. The van der Waals surface area contributed by atoms with Crippen molar-refractivity contribution in [2.24, 2.45) is 5.41 Å². The number of hydrogen-bond donors (Lipinski definition) is 1. The SMILES string of the molecule is CC(C)(COCO)C(C)(C)N1COCCCCOC1. The summed E-state index contributed by atoms with van der Waals surface area (Å²) >= 11 is 0. The standard InChI is InChI=1S/C14H29NO4/c1-13(2,9-19-12-16)14(3,4)15-10-17-7-5-6-8-18-11-15/h16H,5-12H2,1-4H3. The van der Waals surface area contributed by atoms with E-state index in [0.717, 1.165) is 26.1 Å². The molecule has 114 valence electrons. The molecule has 0 bridgehead atoms. The first kappa shape index (κ1) is 16.9. The Bertz CT molecular complexity index is 246. The fourth-order valence-electron chi connectivity index (χ4n) is 2.02. The van der Waals surface area contributed by atoms with E-state index in [-0.39, 0.29) is 17.7 Å². The minimum absolute atomic E-state index is 0.128. The minimum atomic E-state index is -0.244. The predicted octanol–water partition coefficient (Wildman–Crippen LogP) is 1.80. The summed E-state index contributed by atoms with van der Waals surface area (Å²) in [6, 6.07) is 0. The van der Waals surface area contributed by atoms with Gasteiger partial charge in [0.15, 0.2) is 0 Å². The highest BCUT2D eigenvalue weighted by atomic mass is 16.6.